The van der Waals surface area contributed by atoms with Gasteiger partial charge in [0.2, 0.25) is 0 Å². The number of nitrogens with one attached hydrogen (secondary N) is 1. The second-order valence-corrected chi connectivity index (χ2v) is 7.08. The molecule has 1 aromatic carbocycles. The van der Waals surface area contributed by atoms with E-state index in [-0.39, 0.29) is 11.8 Å². The van der Waals surface area contributed by atoms with Gasteiger partial charge in [-0.05, 0) is 26.0 Å². The second-order valence-electron chi connectivity index (χ2n) is 6.27. The predicted octanol–water partition coefficient (Wildman–Crippen LogP) is 4.24. The number of hydrogen-bond acceptors (Lipinski definition) is 4. The molecule has 7 nitrogen and oxygen atoms in total. The Morgan fingerprint density at radius 2 is 1.85 bits per heavy atom. The molecule has 27 heavy (non-hydrogen) atoms. The molecule has 0 radical (unpaired) electrons. The molecular weight excluding hydrogens is 391 g/mol. The van der Waals surface area contributed by atoms with Gasteiger partial charge in [0, 0.05) is 41.5 Å². The number of amides is 3. The molecule has 0 spiro atoms. The summed E-state index contributed by atoms with van der Waals surface area (Å²) in [6.45, 7) is 3.42. The molecule has 0 bridgehead atoms. The van der Waals surface area contributed by atoms with E-state index in [2.05, 4.69) is 10.5 Å². The van der Waals surface area contributed by atoms with E-state index in [1.54, 1.807) is 52.2 Å². The first kappa shape index (κ1) is 19.3. The average molecular weight is 409 g/mol. The largest absolute Gasteiger partial charge is 0.360 e. The van der Waals surface area contributed by atoms with Gasteiger partial charge in [0.25, 0.3) is 5.91 Å². The number of likely N-dealkylation sites (N-methyl/N-ethyl adjacent to an activating group) is 1. The summed E-state index contributed by atoms with van der Waals surface area (Å²) in [7, 11) is 3.20. The lowest BCUT2D eigenvalue weighted by atomic mass is 9.93. The summed E-state index contributed by atoms with van der Waals surface area (Å²) in [6.07, 6.45) is 0. The van der Waals surface area contributed by atoms with Crippen LogP contribution in [0.25, 0.3) is 0 Å². The van der Waals surface area contributed by atoms with E-state index in [0.29, 0.717) is 32.6 Å². The summed E-state index contributed by atoms with van der Waals surface area (Å²) in [5, 5.41) is 7.23. The minimum atomic E-state index is -0.747. The van der Waals surface area contributed by atoms with Crippen molar-refractivity contribution in [2.75, 3.05) is 19.4 Å². The van der Waals surface area contributed by atoms with Crippen LogP contribution in [0.5, 0.6) is 0 Å². The van der Waals surface area contributed by atoms with Gasteiger partial charge in [-0.1, -0.05) is 34.4 Å². The van der Waals surface area contributed by atoms with Crippen LogP contribution < -0.4 is 5.32 Å². The van der Waals surface area contributed by atoms with Crippen molar-refractivity contribution in [2.45, 2.75) is 19.9 Å². The maximum absolute atomic E-state index is 13.1. The Balaban J connectivity index is 2.13. The number of nitrogens with zero attached hydrogens (tertiary/aromatic N) is 3. The van der Waals surface area contributed by atoms with Crippen molar-refractivity contribution < 1.29 is 14.1 Å². The molecule has 0 saturated heterocycles. The van der Waals surface area contributed by atoms with Crippen molar-refractivity contribution in [1.29, 1.82) is 0 Å². The summed E-state index contributed by atoms with van der Waals surface area (Å²) < 4.78 is 4.99. The third kappa shape index (κ3) is 3.40. The van der Waals surface area contributed by atoms with Crippen molar-refractivity contribution in [3.8, 4) is 0 Å². The number of aromatic nitrogens is 1. The summed E-state index contributed by atoms with van der Waals surface area (Å²) in [6, 6.07) is 5.63. The highest BCUT2D eigenvalue weighted by Crippen LogP contribution is 2.42. The van der Waals surface area contributed by atoms with Crippen LogP contribution in [0.4, 0.5) is 10.6 Å². The molecule has 3 amide bonds. The number of carbonyl (C=O) groups is 2. The van der Waals surface area contributed by atoms with Gasteiger partial charge in [-0.3, -0.25) is 4.79 Å². The fourth-order valence-electron chi connectivity index (χ4n) is 3.07. The Hall–Kier alpha value is -2.51. The molecule has 1 N–H and O–H groups in total. The number of aryl methyl sites for hydroxylation is 1. The van der Waals surface area contributed by atoms with Gasteiger partial charge in [0.05, 0.1) is 11.6 Å². The minimum Gasteiger partial charge on any atom is -0.360 e. The molecule has 1 aliphatic rings. The molecule has 0 unspecified atom stereocenters. The molecule has 9 heteroatoms. The van der Waals surface area contributed by atoms with Crippen LogP contribution in [0, 0.1) is 6.92 Å². The molecule has 3 rings (SSSR count). The van der Waals surface area contributed by atoms with Gasteiger partial charge in [0.1, 0.15) is 5.76 Å². The van der Waals surface area contributed by atoms with Crippen LogP contribution in [0.3, 0.4) is 0 Å². The zero-order valence-corrected chi connectivity index (χ0v) is 16.7. The number of anilines is 1. The Morgan fingerprint density at radius 1 is 1.22 bits per heavy atom. The number of allylic oxidation sites excluding steroid dienone is 1. The summed E-state index contributed by atoms with van der Waals surface area (Å²) in [5.74, 6) is 0.423. The van der Waals surface area contributed by atoms with Gasteiger partial charge in [-0.15, -0.1) is 0 Å². The van der Waals surface area contributed by atoms with Crippen molar-refractivity contribution in [3.05, 3.63) is 56.9 Å². The number of hydrogen-bond donors (Lipinski definition) is 1. The smallest absolute Gasteiger partial charge is 0.324 e. The van der Waals surface area contributed by atoms with E-state index in [1.807, 2.05) is 0 Å². The van der Waals surface area contributed by atoms with Gasteiger partial charge < -0.3 is 19.6 Å². The summed E-state index contributed by atoms with van der Waals surface area (Å²) in [4.78, 5) is 28.6. The number of rotatable bonds is 3. The monoisotopic (exact) mass is 408 g/mol. The Kier molecular flexibility index (Phi) is 5.17. The number of benzene rings is 1. The Morgan fingerprint density at radius 3 is 2.41 bits per heavy atom. The third-order valence-corrected chi connectivity index (χ3v) is 5.19. The lowest BCUT2D eigenvalue weighted by molar-refractivity contribution is -0.113. The van der Waals surface area contributed by atoms with E-state index < -0.39 is 11.9 Å². The first-order valence-corrected chi connectivity index (χ1v) is 8.87. The number of urea groups is 1. The molecule has 0 aliphatic carbocycles. The molecule has 1 aromatic heterocycles. The van der Waals surface area contributed by atoms with Gasteiger partial charge >= 0.3 is 6.03 Å². The number of carbonyl (C=O) groups excluding carboxylic acids is 2. The average Bonchev–Trinajstić information content (AvgIpc) is 3.02. The van der Waals surface area contributed by atoms with E-state index >= 15 is 0 Å². The van der Waals surface area contributed by atoms with Crippen molar-refractivity contribution in [1.82, 2.24) is 15.0 Å². The quantitative estimate of drug-likeness (QED) is 0.823. The molecule has 0 saturated carbocycles. The Bertz CT molecular complexity index is 934. The fourth-order valence-corrected chi connectivity index (χ4v) is 3.67. The predicted molar refractivity (Wildman–Crippen MR) is 103 cm³/mol. The van der Waals surface area contributed by atoms with E-state index in [0.717, 1.165) is 0 Å². The Labute approximate surface area is 166 Å². The zero-order valence-electron chi connectivity index (χ0n) is 15.2. The van der Waals surface area contributed by atoms with E-state index in [4.69, 9.17) is 27.7 Å². The van der Waals surface area contributed by atoms with Gasteiger partial charge in [0.15, 0.2) is 5.82 Å². The third-order valence-electron chi connectivity index (χ3n) is 4.53. The van der Waals surface area contributed by atoms with E-state index in [9.17, 15) is 9.59 Å². The lowest BCUT2D eigenvalue weighted by Crippen LogP contribution is -2.48. The van der Waals surface area contributed by atoms with Crippen LogP contribution in [0.2, 0.25) is 10.0 Å². The molecular formula is C18H18Cl2N4O3. The maximum atomic E-state index is 13.1. The zero-order chi connectivity index (χ0) is 19.9. The van der Waals surface area contributed by atoms with Crippen LogP contribution in [-0.2, 0) is 4.79 Å². The van der Waals surface area contributed by atoms with Crippen LogP contribution >= 0.6 is 23.2 Å². The first-order valence-electron chi connectivity index (χ1n) is 8.12. The minimum absolute atomic E-state index is 0.276. The maximum Gasteiger partial charge on any atom is 0.324 e. The van der Waals surface area contributed by atoms with Crippen molar-refractivity contribution in [2.24, 2.45) is 0 Å². The highest BCUT2D eigenvalue weighted by atomic mass is 35.5. The molecule has 1 atom stereocenters. The number of halogens is 2. The van der Waals surface area contributed by atoms with Gasteiger partial charge in [-0.2, -0.15) is 0 Å². The highest BCUT2D eigenvalue weighted by molar-refractivity contribution is 6.36. The highest BCUT2D eigenvalue weighted by Gasteiger charge is 2.40. The summed E-state index contributed by atoms with van der Waals surface area (Å²) in [5.41, 5.74) is 1.33. The van der Waals surface area contributed by atoms with Crippen LogP contribution in [0.1, 0.15) is 24.3 Å². The molecule has 0 fully saturated rings. The SMILES string of the molecule is CC1=C(C(=O)Nc2cc(C)on2)[C@H](c2c(Cl)cccc2Cl)N(C)C(=O)N1C. The molecule has 2 aromatic rings. The summed E-state index contributed by atoms with van der Waals surface area (Å²) >= 11 is 12.8. The molecule has 1 aliphatic heterocycles. The van der Waals surface area contributed by atoms with Crippen molar-refractivity contribution in [3.63, 3.8) is 0 Å². The lowest BCUT2D eigenvalue weighted by Gasteiger charge is -2.40. The van der Waals surface area contributed by atoms with E-state index in [1.165, 1.54) is 9.80 Å². The van der Waals surface area contributed by atoms with Crippen LogP contribution in [-0.4, -0.2) is 41.0 Å². The standard InChI is InChI=1S/C18H18Cl2N4O3/c1-9-8-13(22-27-9)21-17(25)14-10(2)23(3)18(26)24(4)16(14)15-11(19)6-5-7-12(15)20/h5-8,16H,1-4H3,(H,21,22,25)/t16-/m1/s1. The van der Waals surface area contributed by atoms with Gasteiger partial charge in [-0.25, -0.2) is 4.79 Å². The second kappa shape index (κ2) is 7.25. The first-order chi connectivity index (χ1) is 12.7. The van der Waals surface area contributed by atoms with Crippen molar-refractivity contribution >= 4 is 41.0 Å². The topological polar surface area (TPSA) is 78.7 Å². The normalized spacial score (nSPS) is 17.6. The fraction of sp³-hybridized carbons (Fsp3) is 0.278. The molecule has 2 heterocycles. The molecule has 142 valence electrons. The van der Waals surface area contributed by atoms with Crippen LogP contribution in [0.15, 0.2) is 40.1 Å².